The fourth-order valence-electron chi connectivity index (χ4n) is 2.95. The SMILES string of the molecule is CCOc1ncccc1C(=O)OCC(=O)N(CC(C)C)[C@@H]1CCS(=O)(=O)C1. The molecule has 1 amide bonds. The molecule has 1 fully saturated rings. The molecular formula is C18H26N2O6S. The Balaban J connectivity index is 2.04. The summed E-state index contributed by atoms with van der Waals surface area (Å²) in [6.07, 6.45) is 1.91. The number of aromatic nitrogens is 1. The maximum Gasteiger partial charge on any atom is 0.344 e. The van der Waals surface area contributed by atoms with Crippen LogP contribution < -0.4 is 4.74 Å². The molecule has 2 heterocycles. The molecule has 9 heteroatoms. The number of carbonyl (C=O) groups excluding carboxylic acids is 2. The third-order valence-electron chi connectivity index (χ3n) is 4.13. The van der Waals surface area contributed by atoms with Gasteiger partial charge in [-0.2, -0.15) is 0 Å². The normalized spacial score (nSPS) is 18.3. The van der Waals surface area contributed by atoms with Crippen LogP contribution in [0.25, 0.3) is 0 Å². The van der Waals surface area contributed by atoms with Gasteiger partial charge in [-0.25, -0.2) is 18.2 Å². The van der Waals surface area contributed by atoms with E-state index in [0.29, 0.717) is 19.6 Å². The summed E-state index contributed by atoms with van der Waals surface area (Å²) in [5.41, 5.74) is 0.144. The number of ether oxygens (including phenoxy) is 2. The Morgan fingerprint density at radius 1 is 1.37 bits per heavy atom. The lowest BCUT2D eigenvalue weighted by molar-refractivity contribution is -0.137. The van der Waals surface area contributed by atoms with Crippen LogP contribution >= 0.6 is 0 Å². The highest BCUT2D eigenvalue weighted by Gasteiger charge is 2.35. The third kappa shape index (κ3) is 5.92. The first-order valence-electron chi connectivity index (χ1n) is 8.98. The average Bonchev–Trinajstić information content (AvgIpc) is 2.97. The number of rotatable bonds is 8. The molecule has 0 aromatic carbocycles. The number of sulfone groups is 1. The fraction of sp³-hybridized carbons (Fsp3) is 0.611. The molecule has 0 radical (unpaired) electrons. The highest BCUT2D eigenvalue weighted by atomic mass is 32.2. The zero-order chi connectivity index (χ0) is 20.0. The number of carbonyl (C=O) groups is 2. The first-order chi connectivity index (χ1) is 12.7. The molecule has 0 aliphatic carbocycles. The van der Waals surface area contributed by atoms with E-state index in [1.165, 1.54) is 17.2 Å². The molecule has 27 heavy (non-hydrogen) atoms. The van der Waals surface area contributed by atoms with Crippen LogP contribution in [0.1, 0.15) is 37.6 Å². The Labute approximate surface area is 159 Å². The lowest BCUT2D eigenvalue weighted by Crippen LogP contribution is -2.45. The second-order valence-corrected chi connectivity index (χ2v) is 9.09. The van der Waals surface area contributed by atoms with Gasteiger partial charge in [0, 0.05) is 18.8 Å². The van der Waals surface area contributed by atoms with Crippen LogP contribution in [0.5, 0.6) is 5.88 Å². The van der Waals surface area contributed by atoms with Gasteiger partial charge >= 0.3 is 5.97 Å². The summed E-state index contributed by atoms with van der Waals surface area (Å²) in [4.78, 5) is 30.4. The third-order valence-corrected chi connectivity index (χ3v) is 5.88. The summed E-state index contributed by atoms with van der Waals surface area (Å²) < 4.78 is 34.0. The molecule has 1 aliphatic rings. The van der Waals surface area contributed by atoms with E-state index in [0.717, 1.165) is 0 Å². The zero-order valence-electron chi connectivity index (χ0n) is 15.9. The van der Waals surface area contributed by atoms with Crippen molar-refractivity contribution in [2.24, 2.45) is 5.92 Å². The fourth-order valence-corrected chi connectivity index (χ4v) is 4.69. The van der Waals surface area contributed by atoms with Gasteiger partial charge in [0.2, 0.25) is 5.88 Å². The summed E-state index contributed by atoms with van der Waals surface area (Å²) in [6.45, 7) is 5.96. The molecule has 0 N–H and O–H groups in total. The molecule has 1 atom stereocenters. The van der Waals surface area contributed by atoms with E-state index in [2.05, 4.69) is 4.98 Å². The van der Waals surface area contributed by atoms with Crippen molar-refractivity contribution in [1.29, 1.82) is 0 Å². The minimum Gasteiger partial charge on any atom is -0.477 e. The number of amides is 1. The predicted octanol–water partition coefficient (Wildman–Crippen LogP) is 1.31. The average molecular weight is 398 g/mol. The van der Waals surface area contributed by atoms with Crippen molar-refractivity contribution in [3.05, 3.63) is 23.9 Å². The van der Waals surface area contributed by atoms with Crippen LogP contribution in [0, 0.1) is 5.92 Å². The monoisotopic (exact) mass is 398 g/mol. The van der Waals surface area contributed by atoms with Gasteiger partial charge in [0.25, 0.3) is 5.91 Å². The second-order valence-electron chi connectivity index (χ2n) is 6.86. The molecule has 1 saturated heterocycles. The molecule has 2 rings (SSSR count). The van der Waals surface area contributed by atoms with Crippen molar-refractivity contribution >= 4 is 21.7 Å². The zero-order valence-corrected chi connectivity index (χ0v) is 16.7. The summed E-state index contributed by atoms with van der Waals surface area (Å²) in [5.74, 6) is -0.762. The predicted molar refractivity (Wildman–Crippen MR) is 99.3 cm³/mol. The van der Waals surface area contributed by atoms with Crippen molar-refractivity contribution < 1.29 is 27.5 Å². The van der Waals surface area contributed by atoms with Gasteiger partial charge in [0.05, 0.1) is 18.1 Å². The number of hydrogen-bond acceptors (Lipinski definition) is 7. The van der Waals surface area contributed by atoms with Crippen LogP contribution in [-0.4, -0.2) is 67.5 Å². The van der Waals surface area contributed by atoms with Crippen LogP contribution in [0.15, 0.2) is 18.3 Å². The first-order valence-corrected chi connectivity index (χ1v) is 10.8. The minimum absolute atomic E-state index is 0.0451. The van der Waals surface area contributed by atoms with Crippen molar-refractivity contribution in [3.63, 3.8) is 0 Å². The summed E-state index contributed by atoms with van der Waals surface area (Å²) >= 11 is 0. The van der Waals surface area contributed by atoms with E-state index in [4.69, 9.17) is 9.47 Å². The van der Waals surface area contributed by atoms with E-state index >= 15 is 0 Å². The summed E-state index contributed by atoms with van der Waals surface area (Å²) in [5, 5.41) is 0. The smallest absolute Gasteiger partial charge is 0.344 e. The van der Waals surface area contributed by atoms with Gasteiger partial charge in [0.15, 0.2) is 16.4 Å². The van der Waals surface area contributed by atoms with Gasteiger partial charge in [-0.3, -0.25) is 4.79 Å². The topological polar surface area (TPSA) is 103 Å². The lowest BCUT2D eigenvalue weighted by atomic mass is 10.1. The Kier molecular flexibility index (Phi) is 7.18. The maximum absolute atomic E-state index is 12.6. The summed E-state index contributed by atoms with van der Waals surface area (Å²) in [7, 11) is -3.12. The molecular weight excluding hydrogens is 372 g/mol. The molecule has 1 aromatic rings. The Morgan fingerprint density at radius 2 is 2.11 bits per heavy atom. The molecule has 1 aromatic heterocycles. The van der Waals surface area contributed by atoms with Gasteiger partial charge in [-0.05, 0) is 31.4 Å². The largest absolute Gasteiger partial charge is 0.477 e. The van der Waals surface area contributed by atoms with E-state index in [-0.39, 0.29) is 34.9 Å². The van der Waals surface area contributed by atoms with E-state index in [1.807, 2.05) is 13.8 Å². The molecule has 8 nitrogen and oxygen atoms in total. The number of esters is 1. The lowest BCUT2D eigenvalue weighted by Gasteiger charge is -2.29. The van der Waals surface area contributed by atoms with Crippen molar-refractivity contribution in [3.8, 4) is 5.88 Å². The number of pyridine rings is 1. The van der Waals surface area contributed by atoms with Crippen molar-refractivity contribution in [2.75, 3.05) is 31.3 Å². The molecule has 0 saturated carbocycles. The number of nitrogens with zero attached hydrogens (tertiary/aromatic N) is 2. The molecule has 1 aliphatic heterocycles. The number of hydrogen-bond donors (Lipinski definition) is 0. The molecule has 0 spiro atoms. The van der Waals surface area contributed by atoms with E-state index in [1.54, 1.807) is 13.0 Å². The van der Waals surface area contributed by atoms with Gasteiger partial charge < -0.3 is 14.4 Å². The Hall–Kier alpha value is -2.16. The highest BCUT2D eigenvalue weighted by Crippen LogP contribution is 2.20. The van der Waals surface area contributed by atoms with Crippen LogP contribution in [0.3, 0.4) is 0 Å². The highest BCUT2D eigenvalue weighted by molar-refractivity contribution is 7.91. The quantitative estimate of drug-likeness (QED) is 0.608. The van der Waals surface area contributed by atoms with Crippen molar-refractivity contribution in [2.45, 2.75) is 33.2 Å². The van der Waals surface area contributed by atoms with Gasteiger partial charge in [0.1, 0.15) is 5.56 Å². The molecule has 0 unspecified atom stereocenters. The molecule has 0 bridgehead atoms. The van der Waals surface area contributed by atoms with Crippen LogP contribution in [0.2, 0.25) is 0 Å². The van der Waals surface area contributed by atoms with E-state index < -0.39 is 28.3 Å². The maximum atomic E-state index is 12.6. The first kappa shape index (κ1) is 21.1. The second kappa shape index (κ2) is 9.16. The summed E-state index contributed by atoms with van der Waals surface area (Å²) in [6, 6.07) is 2.72. The Morgan fingerprint density at radius 3 is 2.70 bits per heavy atom. The standard InChI is InChI=1S/C18H26N2O6S/c1-4-25-17-15(6-5-8-19-17)18(22)26-11-16(21)20(10-13(2)3)14-7-9-27(23,24)12-14/h5-6,8,13-14H,4,7,9-12H2,1-3H3/t14-/m1/s1. The minimum atomic E-state index is -3.12. The van der Waals surface area contributed by atoms with Gasteiger partial charge in [-0.15, -0.1) is 0 Å². The van der Waals surface area contributed by atoms with Gasteiger partial charge in [-0.1, -0.05) is 13.8 Å². The van der Waals surface area contributed by atoms with Crippen LogP contribution in [0.4, 0.5) is 0 Å². The molecule has 150 valence electrons. The van der Waals surface area contributed by atoms with Crippen LogP contribution in [-0.2, 0) is 19.4 Å². The van der Waals surface area contributed by atoms with E-state index in [9.17, 15) is 18.0 Å². The Bertz CT molecular complexity index is 778. The van der Waals surface area contributed by atoms with Crippen molar-refractivity contribution in [1.82, 2.24) is 9.88 Å².